The largest absolute Gasteiger partial charge is 0.495 e. The summed E-state index contributed by atoms with van der Waals surface area (Å²) < 4.78 is 29.5. The number of ether oxygens (including phenoxy) is 1. The highest BCUT2D eigenvalue weighted by Crippen LogP contribution is 2.32. The minimum atomic E-state index is -2.61. The van der Waals surface area contributed by atoms with Crippen molar-refractivity contribution < 1.29 is 13.5 Å². The van der Waals surface area contributed by atoms with Crippen molar-refractivity contribution in [2.45, 2.75) is 13.3 Å². The van der Waals surface area contributed by atoms with Crippen LogP contribution in [0.25, 0.3) is 0 Å². The first-order chi connectivity index (χ1) is 6.07. The van der Waals surface area contributed by atoms with E-state index in [9.17, 15) is 8.78 Å². The smallest absolute Gasteiger partial charge is 0.280 e. The number of hydrogen-bond acceptors (Lipinski definition) is 2. The molecule has 13 heavy (non-hydrogen) atoms. The summed E-state index contributed by atoms with van der Waals surface area (Å²) >= 11 is 5.67. The van der Waals surface area contributed by atoms with E-state index in [1.54, 1.807) is 0 Å². The van der Waals surface area contributed by atoms with Gasteiger partial charge in [0, 0.05) is 11.8 Å². The zero-order valence-electron chi connectivity index (χ0n) is 7.14. The third-order valence-electron chi connectivity index (χ3n) is 1.67. The van der Waals surface area contributed by atoms with Crippen molar-refractivity contribution >= 4 is 11.6 Å². The lowest BCUT2D eigenvalue weighted by Gasteiger charge is -2.09. The minimum Gasteiger partial charge on any atom is -0.495 e. The van der Waals surface area contributed by atoms with Crippen molar-refractivity contribution in [3.05, 3.63) is 22.5 Å². The molecule has 0 N–H and O–H groups in total. The highest BCUT2D eigenvalue weighted by atomic mass is 35.5. The van der Waals surface area contributed by atoms with Crippen LogP contribution in [0.3, 0.4) is 0 Å². The Morgan fingerprint density at radius 1 is 1.54 bits per heavy atom. The normalized spacial score (nSPS) is 10.6. The molecule has 0 atom stereocenters. The fourth-order valence-corrected chi connectivity index (χ4v) is 1.32. The Hall–Kier alpha value is -0.900. The van der Waals surface area contributed by atoms with Gasteiger partial charge in [0.25, 0.3) is 6.43 Å². The molecule has 1 aromatic rings. The average molecular weight is 208 g/mol. The molecule has 0 aliphatic carbocycles. The van der Waals surface area contributed by atoms with Gasteiger partial charge in [0.05, 0.1) is 7.11 Å². The Morgan fingerprint density at radius 3 is 2.62 bits per heavy atom. The molecule has 0 saturated heterocycles. The van der Waals surface area contributed by atoms with Gasteiger partial charge in [0.1, 0.15) is 16.5 Å². The number of halogens is 3. The van der Waals surface area contributed by atoms with Crippen molar-refractivity contribution in [1.82, 2.24) is 4.98 Å². The van der Waals surface area contributed by atoms with E-state index in [1.165, 1.54) is 14.0 Å². The maximum atomic E-state index is 12.3. The standard InChI is InChI=1S/C8H8ClF2NO/c1-4-6(8(10)11)12-3-5(9)7(4)13-2/h3,8H,1-2H3. The summed E-state index contributed by atoms with van der Waals surface area (Å²) in [5.41, 5.74) is -0.00810. The number of aromatic nitrogens is 1. The summed E-state index contributed by atoms with van der Waals surface area (Å²) in [6, 6.07) is 0. The summed E-state index contributed by atoms with van der Waals surface area (Å²) in [6.07, 6.45) is -1.44. The summed E-state index contributed by atoms with van der Waals surface area (Å²) in [5.74, 6) is 0.256. The Morgan fingerprint density at radius 2 is 2.15 bits per heavy atom. The molecular weight excluding hydrogens is 200 g/mol. The van der Waals surface area contributed by atoms with Crippen LogP contribution in [-0.2, 0) is 0 Å². The van der Waals surface area contributed by atoms with E-state index in [2.05, 4.69) is 4.98 Å². The number of hydrogen-bond donors (Lipinski definition) is 0. The minimum absolute atomic E-state index is 0.240. The quantitative estimate of drug-likeness (QED) is 0.744. The van der Waals surface area contributed by atoms with E-state index >= 15 is 0 Å². The molecule has 1 heterocycles. The van der Waals surface area contributed by atoms with E-state index in [1.807, 2.05) is 0 Å². The first-order valence-corrected chi connectivity index (χ1v) is 3.92. The molecule has 0 aliphatic heterocycles. The second kappa shape index (κ2) is 3.87. The maximum absolute atomic E-state index is 12.3. The zero-order valence-corrected chi connectivity index (χ0v) is 7.90. The fourth-order valence-electron chi connectivity index (χ4n) is 1.05. The topological polar surface area (TPSA) is 22.1 Å². The van der Waals surface area contributed by atoms with E-state index in [0.29, 0.717) is 0 Å². The van der Waals surface area contributed by atoms with Crippen LogP contribution in [0.5, 0.6) is 5.75 Å². The second-order valence-electron chi connectivity index (χ2n) is 2.45. The van der Waals surface area contributed by atoms with Crippen molar-refractivity contribution in [3.63, 3.8) is 0 Å². The van der Waals surface area contributed by atoms with Crippen LogP contribution in [0, 0.1) is 6.92 Å². The van der Waals surface area contributed by atoms with Gasteiger partial charge in [-0.3, -0.25) is 4.98 Å². The summed E-state index contributed by atoms with van der Waals surface area (Å²) in [5, 5.41) is 0.240. The van der Waals surface area contributed by atoms with Gasteiger partial charge in [-0.15, -0.1) is 0 Å². The van der Waals surface area contributed by atoms with Gasteiger partial charge in [-0.2, -0.15) is 0 Å². The Balaban J connectivity index is 3.27. The number of alkyl halides is 2. The highest BCUT2D eigenvalue weighted by Gasteiger charge is 2.17. The van der Waals surface area contributed by atoms with Crippen LogP contribution >= 0.6 is 11.6 Å². The maximum Gasteiger partial charge on any atom is 0.280 e. The van der Waals surface area contributed by atoms with Crippen LogP contribution in [0.1, 0.15) is 17.7 Å². The Bertz CT molecular complexity index is 317. The molecule has 2 nitrogen and oxygen atoms in total. The van der Waals surface area contributed by atoms with E-state index in [4.69, 9.17) is 16.3 Å². The molecule has 0 unspecified atom stereocenters. The van der Waals surface area contributed by atoms with E-state index in [0.717, 1.165) is 6.20 Å². The summed E-state index contributed by atoms with van der Waals surface area (Å²) in [6.45, 7) is 1.50. The molecule has 0 aliphatic rings. The molecule has 0 saturated carbocycles. The molecule has 0 spiro atoms. The van der Waals surface area contributed by atoms with Gasteiger partial charge < -0.3 is 4.74 Å². The third kappa shape index (κ3) is 1.88. The van der Waals surface area contributed by atoms with Gasteiger partial charge in [-0.05, 0) is 6.92 Å². The van der Waals surface area contributed by atoms with Gasteiger partial charge in [0.15, 0.2) is 0 Å². The van der Waals surface area contributed by atoms with Crippen molar-refractivity contribution in [3.8, 4) is 5.75 Å². The van der Waals surface area contributed by atoms with E-state index in [-0.39, 0.29) is 22.0 Å². The van der Waals surface area contributed by atoms with Gasteiger partial charge in [-0.25, -0.2) is 8.78 Å². The predicted octanol–water partition coefficient (Wildman–Crippen LogP) is 2.99. The molecular formula is C8H8ClF2NO. The lowest BCUT2D eigenvalue weighted by atomic mass is 10.2. The number of methoxy groups -OCH3 is 1. The van der Waals surface area contributed by atoms with Crippen LogP contribution < -0.4 is 4.74 Å². The Kier molecular flexibility index (Phi) is 3.03. The van der Waals surface area contributed by atoms with E-state index < -0.39 is 6.43 Å². The van der Waals surface area contributed by atoms with Crippen LogP contribution in [0.2, 0.25) is 5.02 Å². The SMILES string of the molecule is COc1c(Cl)cnc(C(F)F)c1C. The van der Waals surface area contributed by atoms with Gasteiger partial charge >= 0.3 is 0 Å². The molecule has 0 bridgehead atoms. The monoisotopic (exact) mass is 207 g/mol. The predicted molar refractivity (Wildman–Crippen MR) is 45.5 cm³/mol. The molecule has 5 heteroatoms. The summed E-state index contributed by atoms with van der Waals surface area (Å²) in [4.78, 5) is 3.52. The third-order valence-corrected chi connectivity index (χ3v) is 1.94. The molecule has 0 amide bonds. The number of pyridine rings is 1. The van der Waals surface area contributed by atoms with Crippen molar-refractivity contribution in [1.29, 1.82) is 0 Å². The van der Waals surface area contributed by atoms with Gasteiger partial charge in [0.2, 0.25) is 0 Å². The molecule has 1 rings (SSSR count). The van der Waals surface area contributed by atoms with Crippen molar-refractivity contribution in [2.75, 3.05) is 7.11 Å². The van der Waals surface area contributed by atoms with Crippen molar-refractivity contribution in [2.24, 2.45) is 0 Å². The first kappa shape index (κ1) is 10.2. The van der Waals surface area contributed by atoms with Gasteiger partial charge in [-0.1, -0.05) is 11.6 Å². The molecule has 0 radical (unpaired) electrons. The molecule has 1 aromatic heterocycles. The highest BCUT2D eigenvalue weighted by molar-refractivity contribution is 6.32. The molecule has 72 valence electrons. The average Bonchev–Trinajstić information content (AvgIpc) is 2.04. The molecule has 0 fully saturated rings. The first-order valence-electron chi connectivity index (χ1n) is 3.55. The Labute approximate surface area is 79.5 Å². The summed E-state index contributed by atoms with van der Waals surface area (Å²) in [7, 11) is 1.38. The fraction of sp³-hybridized carbons (Fsp3) is 0.375. The number of rotatable bonds is 2. The lowest BCUT2D eigenvalue weighted by Crippen LogP contribution is -1.98. The van der Waals surface area contributed by atoms with Crippen LogP contribution in [0.4, 0.5) is 8.78 Å². The molecule has 0 aromatic carbocycles. The van der Waals surface area contributed by atoms with Crippen LogP contribution in [-0.4, -0.2) is 12.1 Å². The lowest BCUT2D eigenvalue weighted by molar-refractivity contribution is 0.144. The number of nitrogens with zero attached hydrogens (tertiary/aromatic N) is 1. The second-order valence-corrected chi connectivity index (χ2v) is 2.86. The van der Waals surface area contributed by atoms with Crippen LogP contribution in [0.15, 0.2) is 6.20 Å². The zero-order chi connectivity index (χ0) is 10.0.